The summed E-state index contributed by atoms with van der Waals surface area (Å²) in [7, 11) is 0. The lowest BCUT2D eigenvalue weighted by Crippen LogP contribution is -2.37. The van der Waals surface area contributed by atoms with Crippen LogP contribution in [-0.4, -0.2) is 12.1 Å². The van der Waals surface area contributed by atoms with Crippen LogP contribution in [0.4, 0.5) is 0 Å². The first-order valence-corrected chi connectivity index (χ1v) is 9.19. The van der Waals surface area contributed by atoms with Gasteiger partial charge in [0, 0.05) is 12.1 Å². The number of hydrogen-bond acceptors (Lipinski definition) is 1. The largest absolute Gasteiger partial charge is 0.310 e. The first-order valence-electron chi connectivity index (χ1n) is 9.19. The molecular formula is C22H29N. The van der Waals surface area contributed by atoms with E-state index in [0.717, 1.165) is 0 Å². The molecule has 0 aromatic heterocycles. The van der Waals surface area contributed by atoms with E-state index in [1.165, 1.54) is 36.8 Å². The van der Waals surface area contributed by atoms with Gasteiger partial charge < -0.3 is 5.32 Å². The van der Waals surface area contributed by atoms with Crippen LogP contribution in [0, 0.1) is 0 Å². The smallest absolute Gasteiger partial charge is 0.0139 e. The van der Waals surface area contributed by atoms with Gasteiger partial charge in [-0.25, -0.2) is 0 Å². The molecule has 0 aliphatic carbocycles. The molecule has 1 N–H and O–H groups in total. The van der Waals surface area contributed by atoms with Gasteiger partial charge in [0.25, 0.3) is 0 Å². The summed E-state index contributed by atoms with van der Waals surface area (Å²) in [6.45, 7) is 4.64. The van der Waals surface area contributed by atoms with Crippen LogP contribution in [0.5, 0.6) is 0 Å². The fraction of sp³-hybridized carbons (Fsp3) is 0.455. The minimum Gasteiger partial charge on any atom is -0.310 e. The Hall–Kier alpha value is -1.60. The van der Waals surface area contributed by atoms with Crippen LogP contribution in [0.15, 0.2) is 60.7 Å². The van der Waals surface area contributed by atoms with Crippen molar-refractivity contribution in [1.29, 1.82) is 0 Å². The second-order valence-electron chi connectivity index (χ2n) is 6.81. The van der Waals surface area contributed by atoms with Crippen LogP contribution in [-0.2, 0) is 0 Å². The fourth-order valence-electron chi connectivity index (χ4n) is 4.34. The summed E-state index contributed by atoms with van der Waals surface area (Å²) in [5, 5.41) is 3.99. The molecule has 1 aliphatic rings. The maximum Gasteiger partial charge on any atom is 0.0139 e. The van der Waals surface area contributed by atoms with Crippen molar-refractivity contribution in [2.24, 2.45) is 0 Å². The van der Waals surface area contributed by atoms with E-state index < -0.39 is 0 Å². The van der Waals surface area contributed by atoms with Crippen LogP contribution < -0.4 is 5.32 Å². The molecule has 3 rings (SSSR count). The normalized spacial score (nSPS) is 23.6. The fourth-order valence-corrected chi connectivity index (χ4v) is 4.34. The molecular weight excluding hydrogens is 278 g/mol. The van der Waals surface area contributed by atoms with E-state index in [0.29, 0.717) is 23.9 Å². The summed E-state index contributed by atoms with van der Waals surface area (Å²) in [6.07, 6.45) is 5.00. The summed E-state index contributed by atoms with van der Waals surface area (Å²) in [6, 6.07) is 23.3. The second-order valence-corrected chi connectivity index (χ2v) is 6.81. The van der Waals surface area contributed by atoms with Crippen LogP contribution >= 0.6 is 0 Å². The molecule has 4 atom stereocenters. The molecule has 0 radical (unpaired) electrons. The standard InChI is InChI=1S/C22H29N/c1-3-19(17-11-7-5-8-12-17)21-15-16-22(23-21)20(4-2)18-13-9-6-10-14-18/h5-14,19-23H,3-4,15-16H2,1-2H3/t19-,20?,21+,22?/m0/s1. The molecule has 1 heterocycles. The van der Waals surface area contributed by atoms with Gasteiger partial charge in [-0.1, -0.05) is 74.5 Å². The van der Waals surface area contributed by atoms with Crippen molar-refractivity contribution < 1.29 is 0 Å². The van der Waals surface area contributed by atoms with Gasteiger partial charge in [0.2, 0.25) is 0 Å². The Balaban J connectivity index is 1.72. The summed E-state index contributed by atoms with van der Waals surface area (Å²) in [5.41, 5.74) is 2.97. The molecule has 1 heteroatoms. The Labute approximate surface area is 141 Å². The van der Waals surface area contributed by atoms with Gasteiger partial charge in [-0.15, -0.1) is 0 Å². The SMILES string of the molecule is CCC(c1ccccc1)C1CC[C@H]([C@@H](CC)c2ccccc2)N1. The van der Waals surface area contributed by atoms with Crippen molar-refractivity contribution in [3.8, 4) is 0 Å². The van der Waals surface area contributed by atoms with Crippen molar-refractivity contribution in [2.45, 2.75) is 63.5 Å². The first kappa shape index (κ1) is 16.3. The van der Waals surface area contributed by atoms with Gasteiger partial charge in [-0.3, -0.25) is 0 Å². The maximum absolute atomic E-state index is 3.99. The summed E-state index contributed by atoms with van der Waals surface area (Å²) in [4.78, 5) is 0. The lowest BCUT2D eigenvalue weighted by Gasteiger charge is -2.27. The molecule has 1 fully saturated rings. The topological polar surface area (TPSA) is 12.0 Å². The molecule has 122 valence electrons. The van der Waals surface area contributed by atoms with Crippen molar-refractivity contribution in [3.63, 3.8) is 0 Å². The van der Waals surface area contributed by atoms with Crippen molar-refractivity contribution in [2.75, 3.05) is 0 Å². The second kappa shape index (κ2) is 7.79. The molecule has 2 aromatic rings. The van der Waals surface area contributed by atoms with E-state index in [1.807, 2.05) is 0 Å². The highest BCUT2D eigenvalue weighted by atomic mass is 15.0. The van der Waals surface area contributed by atoms with Crippen LogP contribution in [0.2, 0.25) is 0 Å². The molecule has 1 aliphatic heterocycles. The predicted octanol–water partition coefficient (Wildman–Crippen LogP) is 5.49. The average molecular weight is 307 g/mol. The van der Waals surface area contributed by atoms with Crippen LogP contribution in [0.3, 0.4) is 0 Å². The van der Waals surface area contributed by atoms with Crippen molar-refractivity contribution in [3.05, 3.63) is 71.8 Å². The van der Waals surface area contributed by atoms with E-state index in [4.69, 9.17) is 0 Å². The van der Waals surface area contributed by atoms with E-state index in [2.05, 4.69) is 79.8 Å². The predicted molar refractivity (Wildman–Crippen MR) is 98.9 cm³/mol. The monoisotopic (exact) mass is 307 g/mol. The summed E-state index contributed by atoms with van der Waals surface area (Å²) in [5.74, 6) is 1.27. The van der Waals surface area contributed by atoms with E-state index >= 15 is 0 Å². The molecule has 0 spiro atoms. The Kier molecular flexibility index (Phi) is 5.51. The maximum atomic E-state index is 3.99. The lowest BCUT2D eigenvalue weighted by molar-refractivity contribution is 0.414. The van der Waals surface area contributed by atoms with Crippen LogP contribution in [0.25, 0.3) is 0 Å². The third kappa shape index (κ3) is 3.67. The zero-order chi connectivity index (χ0) is 16.1. The lowest BCUT2D eigenvalue weighted by atomic mass is 9.88. The molecule has 23 heavy (non-hydrogen) atoms. The summed E-state index contributed by atoms with van der Waals surface area (Å²) < 4.78 is 0. The molecule has 0 bridgehead atoms. The van der Waals surface area contributed by atoms with Gasteiger partial charge in [0.1, 0.15) is 0 Å². The Bertz CT molecular complexity index is 524. The van der Waals surface area contributed by atoms with Gasteiger partial charge in [0.15, 0.2) is 0 Å². The zero-order valence-corrected chi connectivity index (χ0v) is 14.4. The van der Waals surface area contributed by atoms with Gasteiger partial charge >= 0.3 is 0 Å². The molecule has 1 nitrogen and oxygen atoms in total. The Morgan fingerprint density at radius 2 is 1.13 bits per heavy atom. The quantitative estimate of drug-likeness (QED) is 0.743. The Morgan fingerprint density at radius 1 is 0.739 bits per heavy atom. The van der Waals surface area contributed by atoms with Gasteiger partial charge in [-0.2, -0.15) is 0 Å². The number of nitrogens with one attached hydrogen (secondary N) is 1. The van der Waals surface area contributed by atoms with Gasteiger partial charge in [-0.05, 0) is 48.6 Å². The minimum absolute atomic E-state index is 0.616. The minimum atomic E-state index is 0.616. The van der Waals surface area contributed by atoms with Crippen LogP contribution in [0.1, 0.15) is 62.5 Å². The van der Waals surface area contributed by atoms with Crippen molar-refractivity contribution in [1.82, 2.24) is 5.32 Å². The van der Waals surface area contributed by atoms with Gasteiger partial charge in [0.05, 0.1) is 0 Å². The highest BCUT2D eigenvalue weighted by Crippen LogP contribution is 2.35. The highest BCUT2D eigenvalue weighted by molar-refractivity contribution is 5.24. The highest BCUT2D eigenvalue weighted by Gasteiger charge is 2.33. The number of rotatable bonds is 6. The third-order valence-electron chi connectivity index (χ3n) is 5.52. The molecule has 0 saturated carbocycles. The summed E-state index contributed by atoms with van der Waals surface area (Å²) >= 11 is 0. The number of hydrogen-bond donors (Lipinski definition) is 1. The molecule has 1 saturated heterocycles. The average Bonchev–Trinajstić information content (AvgIpc) is 3.08. The van der Waals surface area contributed by atoms with E-state index in [-0.39, 0.29) is 0 Å². The zero-order valence-electron chi connectivity index (χ0n) is 14.4. The third-order valence-corrected chi connectivity index (χ3v) is 5.52. The molecule has 2 unspecified atom stereocenters. The molecule has 2 aromatic carbocycles. The molecule has 0 amide bonds. The van der Waals surface area contributed by atoms with E-state index in [1.54, 1.807) is 0 Å². The Morgan fingerprint density at radius 3 is 1.48 bits per heavy atom. The van der Waals surface area contributed by atoms with E-state index in [9.17, 15) is 0 Å². The first-order chi connectivity index (χ1) is 11.3. The number of benzene rings is 2. The van der Waals surface area contributed by atoms with Crippen molar-refractivity contribution >= 4 is 0 Å².